The molecule has 2 aromatic carbocycles. The van der Waals surface area contributed by atoms with E-state index in [0.717, 1.165) is 0 Å². The standard InChI is InChI=1S/C40H54N4O14/c1-23(45)27-22-26-28(53-31(46)41-18-20-43(33(48)55-37(2,3)4)34(49)56-38(5,6)7)24-16-14-15-17-25(24)29(30(26)52-27)54-32(47)42-19-21-44(35(50)57-39(8,9)10)36(51)58-40(11,12)13/h14-17,22H,18-21H2,1-13H3,(H,41,46)(H,42,47). The summed E-state index contributed by atoms with van der Waals surface area (Å²) in [7, 11) is 0. The monoisotopic (exact) mass is 814 g/mol. The minimum Gasteiger partial charge on any atom is -0.449 e. The number of ketones is 1. The van der Waals surface area contributed by atoms with Gasteiger partial charge in [0.1, 0.15) is 22.4 Å². The Balaban J connectivity index is 1.88. The van der Waals surface area contributed by atoms with E-state index in [4.69, 9.17) is 32.8 Å². The van der Waals surface area contributed by atoms with Gasteiger partial charge in [-0.1, -0.05) is 24.3 Å². The van der Waals surface area contributed by atoms with Crippen LogP contribution in [0.1, 0.15) is 101 Å². The average molecular weight is 815 g/mol. The first kappa shape index (κ1) is 46.3. The van der Waals surface area contributed by atoms with Gasteiger partial charge in [0.2, 0.25) is 0 Å². The first-order chi connectivity index (χ1) is 26.5. The normalized spacial score (nSPS) is 11.9. The zero-order valence-electron chi connectivity index (χ0n) is 35.3. The molecule has 0 unspecified atom stereocenters. The van der Waals surface area contributed by atoms with Gasteiger partial charge in [-0.15, -0.1) is 0 Å². The molecule has 6 amide bonds. The van der Waals surface area contributed by atoms with Crippen LogP contribution in [0.3, 0.4) is 0 Å². The molecule has 0 aliphatic rings. The van der Waals surface area contributed by atoms with Crippen molar-refractivity contribution in [3.63, 3.8) is 0 Å². The van der Waals surface area contributed by atoms with Gasteiger partial charge in [0.05, 0.1) is 18.5 Å². The number of amides is 6. The van der Waals surface area contributed by atoms with Crippen LogP contribution in [0.25, 0.3) is 21.7 Å². The fourth-order valence-corrected chi connectivity index (χ4v) is 4.84. The molecule has 3 rings (SSSR count). The number of fused-ring (bicyclic) bond motifs is 2. The molecule has 0 radical (unpaired) electrons. The molecule has 18 nitrogen and oxygen atoms in total. The summed E-state index contributed by atoms with van der Waals surface area (Å²) in [4.78, 5) is 91.9. The topological polar surface area (TPSA) is 219 Å². The number of nitrogens with one attached hydrogen (secondary N) is 2. The van der Waals surface area contributed by atoms with E-state index in [9.17, 15) is 33.6 Å². The van der Waals surface area contributed by atoms with Crippen molar-refractivity contribution in [3.05, 3.63) is 36.1 Å². The van der Waals surface area contributed by atoms with Crippen LogP contribution in [0.4, 0.5) is 28.8 Å². The van der Waals surface area contributed by atoms with Gasteiger partial charge in [-0.2, -0.15) is 0 Å². The zero-order valence-corrected chi connectivity index (χ0v) is 35.3. The van der Waals surface area contributed by atoms with Crippen LogP contribution in [0.2, 0.25) is 0 Å². The molecular weight excluding hydrogens is 760 g/mol. The Morgan fingerprint density at radius 1 is 0.552 bits per heavy atom. The zero-order chi connectivity index (χ0) is 44.0. The highest BCUT2D eigenvalue weighted by Crippen LogP contribution is 2.44. The second kappa shape index (κ2) is 18.0. The summed E-state index contributed by atoms with van der Waals surface area (Å²) in [6.07, 6.45) is -5.96. The lowest BCUT2D eigenvalue weighted by molar-refractivity contribution is -0.000369. The summed E-state index contributed by atoms with van der Waals surface area (Å²) in [6, 6.07) is 7.72. The third kappa shape index (κ3) is 13.8. The predicted molar refractivity (Wildman–Crippen MR) is 210 cm³/mol. The van der Waals surface area contributed by atoms with Crippen molar-refractivity contribution in [2.75, 3.05) is 26.2 Å². The van der Waals surface area contributed by atoms with Gasteiger partial charge in [-0.3, -0.25) is 4.79 Å². The second-order valence-corrected chi connectivity index (χ2v) is 17.0. The number of furan rings is 1. The van der Waals surface area contributed by atoms with Crippen LogP contribution in [-0.4, -0.2) is 101 Å². The summed E-state index contributed by atoms with van der Waals surface area (Å²) >= 11 is 0. The van der Waals surface area contributed by atoms with Crippen LogP contribution >= 0.6 is 0 Å². The van der Waals surface area contributed by atoms with E-state index in [0.29, 0.717) is 9.80 Å². The molecule has 3 aromatic rings. The Morgan fingerprint density at radius 3 is 1.24 bits per heavy atom. The lowest BCUT2D eigenvalue weighted by atomic mass is 10.1. The molecule has 18 heteroatoms. The minimum absolute atomic E-state index is 0.0615. The first-order valence-corrected chi connectivity index (χ1v) is 18.4. The highest BCUT2D eigenvalue weighted by atomic mass is 16.6. The molecule has 0 aliphatic carbocycles. The number of benzene rings is 2. The third-order valence-corrected chi connectivity index (χ3v) is 7.00. The number of carbonyl (C=O) groups excluding carboxylic acids is 7. The second-order valence-electron chi connectivity index (χ2n) is 17.0. The van der Waals surface area contributed by atoms with E-state index in [-0.39, 0.29) is 65.2 Å². The Hall–Kier alpha value is -6.07. The maximum atomic E-state index is 13.3. The molecule has 318 valence electrons. The molecule has 1 aromatic heterocycles. The van der Waals surface area contributed by atoms with Crippen molar-refractivity contribution in [2.24, 2.45) is 0 Å². The van der Waals surface area contributed by atoms with Crippen LogP contribution in [-0.2, 0) is 18.9 Å². The van der Waals surface area contributed by atoms with Gasteiger partial charge < -0.3 is 43.5 Å². The smallest absolute Gasteiger partial charge is 0.419 e. The number of rotatable bonds is 9. The van der Waals surface area contributed by atoms with Crippen LogP contribution in [0, 0.1) is 0 Å². The van der Waals surface area contributed by atoms with Crippen molar-refractivity contribution in [1.29, 1.82) is 0 Å². The average Bonchev–Trinajstić information content (AvgIpc) is 3.49. The molecule has 1 heterocycles. The maximum absolute atomic E-state index is 13.3. The third-order valence-electron chi connectivity index (χ3n) is 7.00. The van der Waals surface area contributed by atoms with E-state index in [1.54, 1.807) is 107 Å². The van der Waals surface area contributed by atoms with Crippen molar-refractivity contribution >= 4 is 64.1 Å². The van der Waals surface area contributed by atoms with E-state index in [2.05, 4.69) is 10.6 Å². The molecule has 0 saturated heterocycles. The van der Waals surface area contributed by atoms with E-state index in [1.807, 2.05) is 0 Å². The maximum Gasteiger partial charge on any atom is 0.419 e. The van der Waals surface area contributed by atoms with Crippen molar-refractivity contribution in [2.45, 2.75) is 112 Å². The van der Waals surface area contributed by atoms with Crippen LogP contribution in [0.5, 0.6) is 11.5 Å². The van der Waals surface area contributed by atoms with E-state index >= 15 is 0 Å². The number of Topliss-reactive ketones (excluding diaryl/α,β-unsaturated/α-hetero) is 1. The Morgan fingerprint density at radius 2 is 0.897 bits per heavy atom. The highest BCUT2D eigenvalue weighted by Gasteiger charge is 2.33. The number of nitrogens with zero attached hydrogens (tertiary/aromatic N) is 2. The Labute approximate surface area is 336 Å². The molecule has 0 aliphatic heterocycles. The first-order valence-electron chi connectivity index (χ1n) is 18.4. The predicted octanol–water partition coefficient (Wildman–Crippen LogP) is 8.31. The van der Waals surface area contributed by atoms with Gasteiger partial charge in [0.15, 0.2) is 28.6 Å². The van der Waals surface area contributed by atoms with Gasteiger partial charge >= 0.3 is 36.6 Å². The van der Waals surface area contributed by atoms with Gasteiger partial charge in [-0.05, 0) is 89.2 Å². The SMILES string of the molecule is CC(=O)c1cc2c(OC(=O)NCCN(C(=O)OC(C)(C)C)C(=O)OC(C)(C)C)c3ccccc3c(OC(=O)NCCN(C(=O)OC(C)(C)C)C(=O)OC(C)(C)C)c2o1. The molecule has 0 atom stereocenters. The number of ether oxygens (including phenoxy) is 6. The summed E-state index contributed by atoms with van der Waals surface area (Å²) < 4.78 is 38.7. The van der Waals surface area contributed by atoms with E-state index in [1.165, 1.54) is 13.0 Å². The number of hydrogen-bond donors (Lipinski definition) is 2. The summed E-state index contributed by atoms with van der Waals surface area (Å²) in [5.74, 6) is -0.824. The fraction of sp³-hybridized carbons (Fsp3) is 0.525. The molecule has 0 saturated carbocycles. The van der Waals surface area contributed by atoms with Crippen LogP contribution < -0.4 is 20.1 Å². The fourth-order valence-electron chi connectivity index (χ4n) is 4.84. The molecule has 0 spiro atoms. The minimum atomic E-state index is -1.02. The van der Waals surface area contributed by atoms with Crippen molar-refractivity contribution < 1.29 is 66.4 Å². The quantitative estimate of drug-likeness (QED) is 0.153. The summed E-state index contributed by atoms with van der Waals surface area (Å²) in [5, 5.41) is 5.58. The molecule has 58 heavy (non-hydrogen) atoms. The summed E-state index contributed by atoms with van der Waals surface area (Å²) in [6.45, 7) is 19.6. The lowest BCUT2D eigenvalue weighted by Gasteiger charge is -2.28. The van der Waals surface area contributed by atoms with Gasteiger partial charge in [0, 0.05) is 30.8 Å². The van der Waals surface area contributed by atoms with Crippen LogP contribution in [0.15, 0.2) is 34.7 Å². The van der Waals surface area contributed by atoms with Gasteiger partial charge in [-0.25, -0.2) is 38.6 Å². The molecular formula is C40H54N4O14. The largest absolute Gasteiger partial charge is 0.449 e. The number of imide groups is 2. The van der Waals surface area contributed by atoms with Gasteiger partial charge in [0.25, 0.3) is 0 Å². The number of carbonyl (C=O) groups is 7. The lowest BCUT2D eigenvalue weighted by Crippen LogP contribution is -2.47. The highest BCUT2D eigenvalue weighted by molar-refractivity contribution is 6.12. The Bertz CT molecular complexity index is 1850. The molecule has 0 bridgehead atoms. The van der Waals surface area contributed by atoms with Crippen molar-refractivity contribution in [1.82, 2.24) is 20.4 Å². The number of hydrogen-bond acceptors (Lipinski definition) is 14. The molecule has 2 N–H and O–H groups in total. The summed E-state index contributed by atoms with van der Waals surface area (Å²) in [5.41, 5.74) is -3.84. The Kier molecular flexibility index (Phi) is 14.4. The van der Waals surface area contributed by atoms with Crippen molar-refractivity contribution in [3.8, 4) is 11.5 Å². The van der Waals surface area contributed by atoms with E-state index < -0.39 is 64.7 Å². The molecule has 0 fully saturated rings.